The lowest BCUT2D eigenvalue weighted by Crippen LogP contribution is -2.46. The fourth-order valence-electron chi connectivity index (χ4n) is 3.76. The number of ether oxygens (including phenoxy) is 1. The molecule has 2 unspecified atom stereocenters. The number of benzene rings is 1. The van der Waals surface area contributed by atoms with E-state index >= 15 is 0 Å². The molecule has 2 rings (SSSR count). The molecule has 1 aromatic carbocycles. The fourth-order valence-corrected chi connectivity index (χ4v) is 3.94. The summed E-state index contributed by atoms with van der Waals surface area (Å²) in [5, 5.41) is 0.758. The van der Waals surface area contributed by atoms with Gasteiger partial charge in [-0.25, -0.2) is 0 Å². The molecule has 1 aliphatic heterocycles. The van der Waals surface area contributed by atoms with Crippen LogP contribution in [0.15, 0.2) is 18.2 Å². The van der Waals surface area contributed by atoms with E-state index in [1.807, 2.05) is 25.1 Å². The first-order valence-corrected chi connectivity index (χ1v) is 9.31. The van der Waals surface area contributed by atoms with Crippen molar-refractivity contribution in [1.29, 1.82) is 0 Å². The number of halogens is 1. The minimum Gasteiger partial charge on any atom is -0.494 e. The van der Waals surface area contributed by atoms with Gasteiger partial charge in [-0.1, -0.05) is 31.9 Å². The summed E-state index contributed by atoms with van der Waals surface area (Å²) in [5.74, 6) is 1.87. The van der Waals surface area contributed by atoms with Crippen LogP contribution in [0.5, 0.6) is 5.75 Å². The summed E-state index contributed by atoms with van der Waals surface area (Å²) in [6, 6.07) is 6.41. The molecule has 0 aromatic heterocycles. The van der Waals surface area contributed by atoms with Crippen molar-refractivity contribution >= 4 is 11.6 Å². The normalized spacial score (nSPS) is 20.7. The van der Waals surface area contributed by atoms with E-state index in [0.717, 1.165) is 17.3 Å². The molecule has 0 bridgehead atoms. The number of rotatable bonds is 7. The van der Waals surface area contributed by atoms with E-state index in [1.54, 1.807) is 0 Å². The Morgan fingerprint density at radius 1 is 1.35 bits per heavy atom. The maximum absolute atomic E-state index is 6.27. The van der Waals surface area contributed by atoms with Crippen LogP contribution < -0.4 is 10.5 Å². The predicted molar refractivity (Wildman–Crippen MR) is 98.5 cm³/mol. The molecule has 1 heterocycles. The average molecular weight is 339 g/mol. The lowest BCUT2D eigenvalue weighted by atomic mass is 9.84. The summed E-state index contributed by atoms with van der Waals surface area (Å²) in [6.45, 7) is 10.2. The first-order chi connectivity index (χ1) is 11.1. The third-order valence-corrected chi connectivity index (χ3v) is 4.89. The first kappa shape index (κ1) is 18.6. The van der Waals surface area contributed by atoms with Crippen molar-refractivity contribution in [3.05, 3.63) is 28.8 Å². The molecule has 2 N–H and O–H groups in total. The zero-order valence-electron chi connectivity index (χ0n) is 14.7. The maximum Gasteiger partial charge on any atom is 0.122 e. The third kappa shape index (κ3) is 4.85. The summed E-state index contributed by atoms with van der Waals surface area (Å²) in [7, 11) is 0. The van der Waals surface area contributed by atoms with E-state index in [2.05, 4.69) is 18.7 Å². The Hall–Kier alpha value is -0.770. The van der Waals surface area contributed by atoms with Gasteiger partial charge >= 0.3 is 0 Å². The van der Waals surface area contributed by atoms with Crippen LogP contribution in [0.2, 0.25) is 5.02 Å². The number of likely N-dealkylation sites (tertiary alicyclic amines) is 1. The molecule has 4 heteroatoms. The van der Waals surface area contributed by atoms with Crippen LogP contribution in [0.25, 0.3) is 0 Å². The number of nitrogens with zero attached hydrogens (tertiary/aromatic N) is 1. The Morgan fingerprint density at radius 2 is 2.13 bits per heavy atom. The predicted octanol–water partition coefficient (Wildman–Crippen LogP) is 4.29. The topological polar surface area (TPSA) is 38.5 Å². The van der Waals surface area contributed by atoms with Gasteiger partial charge in [0.1, 0.15) is 5.75 Å². The number of nitrogens with two attached hydrogens (primary N) is 1. The SMILES string of the molecule is CCOc1ccc(Cl)cc1C(CN)C1CCCCN1CC(C)C. The van der Waals surface area contributed by atoms with E-state index in [-0.39, 0.29) is 5.92 Å². The first-order valence-electron chi connectivity index (χ1n) is 8.93. The van der Waals surface area contributed by atoms with E-state index in [1.165, 1.54) is 31.4 Å². The second-order valence-corrected chi connectivity index (χ2v) is 7.35. The highest BCUT2D eigenvalue weighted by Crippen LogP contribution is 2.36. The largest absolute Gasteiger partial charge is 0.494 e. The number of hydrogen-bond donors (Lipinski definition) is 1. The standard InChI is InChI=1S/C19H31ClN2O/c1-4-23-19-9-8-15(20)11-16(19)17(12-21)18-7-5-6-10-22(18)13-14(2)3/h8-9,11,14,17-18H,4-7,10,12-13,21H2,1-3H3. The van der Waals surface area contributed by atoms with Crippen LogP contribution in [0.3, 0.4) is 0 Å². The molecule has 1 aliphatic rings. The van der Waals surface area contributed by atoms with Gasteiger partial charge < -0.3 is 10.5 Å². The van der Waals surface area contributed by atoms with Gasteiger partial charge in [-0.2, -0.15) is 0 Å². The summed E-state index contributed by atoms with van der Waals surface area (Å²) >= 11 is 6.27. The van der Waals surface area contributed by atoms with E-state index in [4.69, 9.17) is 22.1 Å². The number of hydrogen-bond acceptors (Lipinski definition) is 3. The molecule has 0 aliphatic carbocycles. The van der Waals surface area contributed by atoms with E-state index in [9.17, 15) is 0 Å². The van der Waals surface area contributed by atoms with Gasteiger partial charge in [-0.15, -0.1) is 0 Å². The van der Waals surface area contributed by atoms with Gasteiger partial charge in [0.05, 0.1) is 6.61 Å². The molecular weight excluding hydrogens is 308 g/mol. The summed E-state index contributed by atoms with van der Waals surface area (Å²) in [6.07, 6.45) is 3.77. The van der Waals surface area contributed by atoms with Crippen LogP contribution in [-0.2, 0) is 0 Å². The second-order valence-electron chi connectivity index (χ2n) is 6.91. The summed E-state index contributed by atoms with van der Waals surface area (Å²) in [5.41, 5.74) is 7.39. The van der Waals surface area contributed by atoms with Gasteiger partial charge in [0.15, 0.2) is 0 Å². The Morgan fingerprint density at radius 3 is 2.78 bits per heavy atom. The monoisotopic (exact) mass is 338 g/mol. The van der Waals surface area contributed by atoms with Crippen LogP contribution in [0.1, 0.15) is 51.5 Å². The highest BCUT2D eigenvalue weighted by molar-refractivity contribution is 6.30. The molecule has 0 amide bonds. The van der Waals surface area contributed by atoms with Crippen LogP contribution in [0, 0.1) is 5.92 Å². The zero-order valence-corrected chi connectivity index (χ0v) is 15.5. The lowest BCUT2D eigenvalue weighted by molar-refractivity contribution is 0.111. The van der Waals surface area contributed by atoms with Gasteiger partial charge in [0.2, 0.25) is 0 Å². The van der Waals surface area contributed by atoms with Gasteiger partial charge in [0, 0.05) is 35.6 Å². The quantitative estimate of drug-likeness (QED) is 0.805. The lowest BCUT2D eigenvalue weighted by Gasteiger charge is -2.41. The summed E-state index contributed by atoms with van der Waals surface area (Å²) in [4.78, 5) is 2.63. The maximum atomic E-state index is 6.27. The zero-order chi connectivity index (χ0) is 16.8. The van der Waals surface area contributed by atoms with Crippen molar-refractivity contribution in [2.45, 2.75) is 52.0 Å². The smallest absolute Gasteiger partial charge is 0.122 e. The molecular formula is C19H31ClN2O. The molecule has 3 nitrogen and oxygen atoms in total. The van der Waals surface area contributed by atoms with Crippen molar-refractivity contribution in [3.63, 3.8) is 0 Å². The van der Waals surface area contributed by atoms with Crippen LogP contribution in [0.4, 0.5) is 0 Å². The van der Waals surface area contributed by atoms with Crippen molar-refractivity contribution in [3.8, 4) is 5.75 Å². The minimum atomic E-state index is 0.272. The van der Waals surface area contributed by atoms with Crippen LogP contribution >= 0.6 is 11.6 Å². The van der Waals surface area contributed by atoms with E-state index < -0.39 is 0 Å². The third-order valence-electron chi connectivity index (χ3n) is 4.65. The van der Waals surface area contributed by atoms with Crippen molar-refractivity contribution in [2.75, 3.05) is 26.2 Å². The van der Waals surface area contributed by atoms with Gasteiger partial charge in [-0.05, 0) is 50.4 Å². The van der Waals surface area contributed by atoms with Crippen LogP contribution in [-0.4, -0.2) is 37.2 Å². The highest BCUT2D eigenvalue weighted by Gasteiger charge is 2.32. The molecule has 0 saturated carbocycles. The minimum absolute atomic E-state index is 0.272. The summed E-state index contributed by atoms with van der Waals surface area (Å²) < 4.78 is 5.85. The molecule has 130 valence electrons. The Bertz CT molecular complexity index is 492. The molecule has 1 fully saturated rings. The Balaban J connectivity index is 2.31. The average Bonchev–Trinajstić information content (AvgIpc) is 2.52. The highest BCUT2D eigenvalue weighted by atomic mass is 35.5. The van der Waals surface area contributed by atoms with Gasteiger partial charge in [-0.3, -0.25) is 4.90 Å². The molecule has 0 radical (unpaired) electrons. The number of piperidine rings is 1. The Labute approximate surface area is 146 Å². The molecule has 2 atom stereocenters. The molecule has 23 heavy (non-hydrogen) atoms. The van der Waals surface area contributed by atoms with Crippen molar-refractivity contribution in [1.82, 2.24) is 4.90 Å². The van der Waals surface area contributed by atoms with Crippen molar-refractivity contribution in [2.24, 2.45) is 11.7 Å². The molecule has 1 saturated heterocycles. The second kappa shape index (κ2) is 8.91. The Kier molecular flexibility index (Phi) is 7.19. The fraction of sp³-hybridized carbons (Fsp3) is 0.684. The van der Waals surface area contributed by atoms with Gasteiger partial charge in [0.25, 0.3) is 0 Å². The van der Waals surface area contributed by atoms with Crippen molar-refractivity contribution < 1.29 is 4.74 Å². The molecule has 1 aromatic rings. The molecule has 0 spiro atoms. The van der Waals surface area contributed by atoms with E-state index in [0.29, 0.717) is 25.1 Å².